The van der Waals surface area contributed by atoms with Crippen LogP contribution >= 0.6 is 11.3 Å². The first-order valence-corrected chi connectivity index (χ1v) is 9.18. The maximum atomic E-state index is 13.0. The number of halogens is 1. The molecule has 3 aromatic heterocycles. The molecule has 8 heteroatoms. The number of aliphatic hydroxyl groups excluding tert-OH is 1. The van der Waals surface area contributed by atoms with E-state index in [1.54, 1.807) is 10.5 Å². The van der Waals surface area contributed by atoms with Crippen LogP contribution in [-0.2, 0) is 6.54 Å². The Labute approximate surface area is 154 Å². The number of aliphatic hydroxyl groups is 1. The molecule has 3 heterocycles. The normalized spacial score (nSPS) is 12.5. The molecule has 0 aromatic carbocycles. The van der Waals surface area contributed by atoms with Gasteiger partial charge in [-0.15, -0.1) is 11.3 Å². The summed E-state index contributed by atoms with van der Waals surface area (Å²) < 4.78 is 14.7. The van der Waals surface area contributed by atoms with Crippen LogP contribution in [-0.4, -0.2) is 33.1 Å². The fraction of sp³-hybridized carbons (Fsp3) is 0.389. The molecule has 138 valence electrons. The smallest absolute Gasteiger partial charge is 0.259 e. The third kappa shape index (κ3) is 3.61. The number of fused-ring (bicyclic) bond motifs is 1. The average Bonchev–Trinajstić information content (AvgIpc) is 2.92. The molecule has 0 fully saturated rings. The molecule has 0 aliphatic heterocycles. The molecule has 1 atom stereocenters. The number of pyridine rings is 1. The van der Waals surface area contributed by atoms with Crippen LogP contribution in [0.15, 0.2) is 29.2 Å². The molecule has 0 aliphatic carbocycles. The Kier molecular flexibility index (Phi) is 5.33. The van der Waals surface area contributed by atoms with Gasteiger partial charge in [-0.25, -0.2) is 14.4 Å². The first-order chi connectivity index (χ1) is 12.4. The lowest BCUT2D eigenvalue weighted by molar-refractivity contribution is 0.277. The van der Waals surface area contributed by atoms with E-state index in [-0.39, 0.29) is 18.1 Å². The molecule has 26 heavy (non-hydrogen) atoms. The van der Waals surface area contributed by atoms with Crippen molar-refractivity contribution in [3.8, 4) is 0 Å². The maximum absolute atomic E-state index is 13.0. The first kappa shape index (κ1) is 18.5. The number of hydrogen-bond donors (Lipinski definition) is 1. The summed E-state index contributed by atoms with van der Waals surface area (Å²) in [4.78, 5) is 24.8. The van der Waals surface area contributed by atoms with E-state index < -0.39 is 5.82 Å². The van der Waals surface area contributed by atoms with Crippen LogP contribution in [0.2, 0.25) is 0 Å². The zero-order valence-corrected chi connectivity index (χ0v) is 15.8. The van der Waals surface area contributed by atoms with Gasteiger partial charge >= 0.3 is 0 Å². The van der Waals surface area contributed by atoms with Crippen molar-refractivity contribution in [2.45, 2.75) is 32.7 Å². The summed E-state index contributed by atoms with van der Waals surface area (Å²) in [6, 6.07) is 4.46. The van der Waals surface area contributed by atoms with Gasteiger partial charge in [-0.3, -0.25) is 9.20 Å². The van der Waals surface area contributed by atoms with E-state index in [1.807, 2.05) is 25.8 Å². The molecule has 0 saturated heterocycles. The standard InChI is InChI=1S/C18H21FN4O2S/c1-11(6-7-24)17-12(2)26-18-21-14(8-16(25)23(17)18)10-22(3)15-5-4-13(19)9-20-15/h4-5,8-9,11,24H,6-7,10H2,1-3H3. The van der Waals surface area contributed by atoms with Gasteiger partial charge in [-0.1, -0.05) is 6.92 Å². The van der Waals surface area contributed by atoms with E-state index in [0.717, 1.165) is 16.8 Å². The Morgan fingerprint density at radius 2 is 2.19 bits per heavy atom. The molecular weight excluding hydrogens is 355 g/mol. The second kappa shape index (κ2) is 7.51. The van der Waals surface area contributed by atoms with Gasteiger partial charge in [0.15, 0.2) is 4.96 Å². The highest BCUT2D eigenvalue weighted by molar-refractivity contribution is 7.17. The number of hydrogen-bond acceptors (Lipinski definition) is 6. The third-order valence-corrected chi connectivity index (χ3v) is 5.29. The summed E-state index contributed by atoms with van der Waals surface area (Å²) in [6.07, 6.45) is 1.76. The number of rotatable bonds is 6. The Morgan fingerprint density at radius 3 is 2.85 bits per heavy atom. The van der Waals surface area contributed by atoms with E-state index in [9.17, 15) is 14.3 Å². The topological polar surface area (TPSA) is 70.7 Å². The fourth-order valence-electron chi connectivity index (χ4n) is 3.04. The van der Waals surface area contributed by atoms with E-state index in [1.165, 1.54) is 23.5 Å². The van der Waals surface area contributed by atoms with Crippen LogP contribution in [0.4, 0.5) is 10.2 Å². The predicted octanol–water partition coefficient (Wildman–Crippen LogP) is 2.72. The van der Waals surface area contributed by atoms with Gasteiger partial charge in [0.05, 0.1) is 18.4 Å². The van der Waals surface area contributed by atoms with Gasteiger partial charge in [0.2, 0.25) is 0 Å². The lowest BCUT2D eigenvalue weighted by Crippen LogP contribution is -2.23. The summed E-state index contributed by atoms with van der Waals surface area (Å²) in [6.45, 7) is 4.44. The lowest BCUT2D eigenvalue weighted by atomic mass is 10.0. The van der Waals surface area contributed by atoms with Gasteiger partial charge in [0, 0.05) is 36.2 Å². The zero-order valence-electron chi connectivity index (χ0n) is 14.9. The molecular formula is C18H21FN4O2S. The van der Waals surface area contributed by atoms with Crippen molar-refractivity contribution >= 4 is 22.1 Å². The van der Waals surface area contributed by atoms with E-state index in [4.69, 9.17) is 0 Å². The zero-order chi connectivity index (χ0) is 18.8. The molecule has 0 amide bonds. The summed E-state index contributed by atoms with van der Waals surface area (Å²) in [5.74, 6) is 0.289. The highest BCUT2D eigenvalue weighted by atomic mass is 32.1. The largest absolute Gasteiger partial charge is 0.396 e. The number of thiazole rings is 1. The van der Waals surface area contributed by atoms with Crippen LogP contribution in [0, 0.1) is 12.7 Å². The fourth-order valence-corrected chi connectivity index (χ4v) is 4.15. The summed E-state index contributed by atoms with van der Waals surface area (Å²) in [5, 5.41) is 9.20. The molecule has 0 spiro atoms. The van der Waals surface area contributed by atoms with E-state index in [0.29, 0.717) is 29.4 Å². The van der Waals surface area contributed by atoms with Crippen molar-refractivity contribution in [3.05, 3.63) is 56.8 Å². The summed E-state index contributed by atoms with van der Waals surface area (Å²) in [5.41, 5.74) is 1.41. The van der Waals surface area contributed by atoms with Crippen molar-refractivity contribution in [1.82, 2.24) is 14.4 Å². The Balaban J connectivity index is 1.94. The first-order valence-electron chi connectivity index (χ1n) is 8.36. The van der Waals surface area contributed by atoms with Crippen molar-refractivity contribution in [3.63, 3.8) is 0 Å². The van der Waals surface area contributed by atoms with Gasteiger partial charge in [0.25, 0.3) is 5.56 Å². The SMILES string of the molecule is Cc1sc2nc(CN(C)c3ccc(F)cn3)cc(=O)n2c1C(C)CCO. The highest BCUT2D eigenvalue weighted by Gasteiger charge is 2.18. The quantitative estimate of drug-likeness (QED) is 0.716. The van der Waals surface area contributed by atoms with E-state index >= 15 is 0 Å². The maximum Gasteiger partial charge on any atom is 0.259 e. The van der Waals surface area contributed by atoms with Crippen LogP contribution < -0.4 is 10.5 Å². The molecule has 1 N–H and O–H groups in total. The van der Waals surface area contributed by atoms with Crippen LogP contribution in [0.3, 0.4) is 0 Å². The molecule has 6 nitrogen and oxygen atoms in total. The predicted molar refractivity (Wildman–Crippen MR) is 100 cm³/mol. The van der Waals surface area contributed by atoms with E-state index in [2.05, 4.69) is 9.97 Å². The lowest BCUT2D eigenvalue weighted by Gasteiger charge is -2.17. The summed E-state index contributed by atoms with van der Waals surface area (Å²) >= 11 is 1.47. The number of nitrogens with zero attached hydrogens (tertiary/aromatic N) is 4. The van der Waals surface area contributed by atoms with Crippen LogP contribution in [0.25, 0.3) is 4.96 Å². The monoisotopic (exact) mass is 376 g/mol. The second-order valence-corrected chi connectivity index (χ2v) is 7.53. The Hall–Kier alpha value is -2.32. The average molecular weight is 376 g/mol. The van der Waals surface area contributed by atoms with Gasteiger partial charge in [0.1, 0.15) is 11.6 Å². The van der Waals surface area contributed by atoms with Crippen LogP contribution in [0.1, 0.15) is 35.5 Å². The van der Waals surface area contributed by atoms with Gasteiger partial charge < -0.3 is 10.0 Å². The van der Waals surface area contributed by atoms with Crippen LogP contribution in [0.5, 0.6) is 0 Å². The molecule has 3 aromatic rings. The summed E-state index contributed by atoms with van der Waals surface area (Å²) in [7, 11) is 1.82. The molecule has 1 unspecified atom stereocenters. The minimum atomic E-state index is -0.390. The number of anilines is 1. The molecule has 0 aliphatic rings. The van der Waals surface area contributed by atoms with Gasteiger partial charge in [-0.2, -0.15) is 0 Å². The van der Waals surface area contributed by atoms with Crippen molar-refractivity contribution in [2.24, 2.45) is 0 Å². The van der Waals surface area contributed by atoms with Crippen molar-refractivity contribution in [2.75, 3.05) is 18.6 Å². The molecule has 0 radical (unpaired) electrons. The molecule has 0 saturated carbocycles. The van der Waals surface area contributed by atoms with Crippen molar-refractivity contribution in [1.29, 1.82) is 0 Å². The van der Waals surface area contributed by atoms with Crippen molar-refractivity contribution < 1.29 is 9.50 Å². The minimum absolute atomic E-state index is 0.0742. The third-order valence-electron chi connectivity index (χ3n) is 4.32. The number of aromatic nitrogens is 3. The molecule has 3 rings (SSSR count). The molecule has 0 bridgehead atoms. The Bertz CT molecular complexity index is 968. The minimum Gasteiger partial charge on any atom is -0.396 e. The Morgan fingerprint density at radius 1 is 1.42 bits per heavy atom. The number of aryl methyl sites for hydroxylation is 1. The highest BCUT2D eigenvalue weighted by Crippen LogP contribution is 2.28. The second-order valence-electron chi connectivity index (χ2n) is 6.35. The van der Waals surface area contributed by atoms with Gasteiger partial charge in [-0.05, 0) is 25.5 Å².